The number of aromatic hydroxyl groups is 1. The highest BCUT2D eigenvalue weighted by Crippen LogP contribution is 2.33. The minimum absolute atomic E-state index is 0.0173. The van der Waals surface area contributed by atoms with Gasteiger partial charge in [-0.3, -0.25) is 9.59 Å². The number of hydrogen-bond acceptors (Lipinski definition) is 5. The number of hydrogen-bond donors (Lipinski definition) is 2. The number of phenols is 1. The van der Waals surface area contributed by atoms with Gasteiger partial charge >= 0.3 is 0 Å². The molecule has 0 bridgehead atoms. The number of benzene rings is 2. The molecule has 3 aromatic rings. The number of aromatic nitrogens is 1. The number of nitriles is 1. The van der Waals surface area contributed by atoms with Crippen LogP contribution < -0.4 is 0 Å². The van der Waals surface area contributed by atoms with Gasteiger partial charge in [0.15, 0.2) is 0 Å². The maximum Gasteiger partial charge on any atom is 0.257 e. The van der Waals surface area contributed by atoms with E-state index in [1.807, 2.05) is 6.92 Å². The first-order chi connectivity index (χ1) is 14.4. The molecule has 1 aliphatic heterocycles. The zero-order chi connectivity index (χ0) is 21.4. The van der Waals surface area contributed by atoms with E-state index in [1.165, 1.54) is 12.1 Å². The average Bonchev–Trinajstić information content (AvgIpc) is 3.19. The largest absolute Gasteiger partial charge is 0.506 e. The number of fused-ring (bicyclic) bond motifs is 1. The van der Waals surface area contributed by atoms with Crippen molar-refractivity contribution in [2.45, 2.75) is 6.92 Å². The Hall–Kier alpha value is -3.34. The van der Waals surface area contributed by atoms with Crippen LogP contribution in [0, 0.1) is 18.3 Å². The third-order valence-electron chi connectivity index (χ3n) is 5.20. The number of nitrogens with one attached hydrogen (secondary N) is 1. The van der Waals surface area contributed by atoms with E-state index in [0.717, 1.165) is 10.9 Å². The Morgan fingerprint density at radius 2 is 1.97 bits per heavy atom. The molecular formula is C22H18ClN3O4. The number of nitrogens with zero attached hydrogens (tertiary/aromatic N) is 2. The number of amides is 1. The minimum Gasteiger partial charge on any atom is -0.506 e. The van der Waals surface area contributed by atoms with E-state index in [4.69, 9.17) is 21.6 Å². The summed E-state index contributed by atoms with van der Waals surface area (Å²) in [7, 11) is 0. The molecule has 0 radical (unpaired) electrons. The molecule has 0 atom stereocenters. The summed E-state index contributed by atoms with van der Waals surface area (Å²) in [4.78, 5) is 30.6. The van der Waals surface area contributed by atoms with Crippen LogP contribution in [-0.4, -0.2) is 53.0 Å². The molecule has 7 nitrogen and oxygen atoms in total. The van der Waals surface area contributed by atoms with Gasteiger partial charge in [0.2, 0.25) is 5.78 Å². The fourth-order valence-corrected chi connectivity index (χ4v) is 3.87. The van der Waals surface area contributed by atoms with E-state index < -0.39 is 11.5 Å². The normalized spacial score (nSPS) is 14.0. The molecule has 1 saturated heterocycles. The lowest BCUT2D eigenvalue weighted by molar-refractivity contribution is 0.0301. The predicted molar refractivity (Wildman–Crippen MR) is 111 cm³/mol. The van der Waals surface area contributed by atoms with Crippen LogP contribution in [0.1, 0.15) is 37.5 Å². The third-order valence-corrected chi connectivity index (χ3v) is 5.52. The highest BCUT2D eigenvalue weighted by Gasteiger charge is 2.27. The monoisotopic (exact) mass is 423 g/mol. The maximum absolute atomic E-state index is 13.2. The van der Waals surface area contributed by atoms with Gasteiger partial charge in [-0.25, -0.2) is 0 Å². The molecule has 0 spiro atoms. The zero-order valence-corrected chi connectivity index (χ0v) is 16.9. The quantitative estimate of drug-likeness (QED) is 0.628. The lowest BCUT2D eigenvalue weighted by atomic mass is 10.0. The standard InChI is InChI=1S/C22H18ClN3O4/c1-12-8-13(11-24)9-17-15(12)10-18(25-17)21(28)19-16(23)3-2-14(20(19)27)22(29)26-4-6-30-7-5-26/h2-3,8-10,25,27H,4-7H2,1H3. The number of halogens is 1. The van der Waals surface area contributed by atoms with E-state index in [0.29, 0.717) is 37.4 Å². The smallest absolute Gasteiger partial charge is 0.257 e. The van der Waals surface area contributed by atoms with E-state index in [-0.39, 0.29) is 27.8 Å². The van der Waals surface area contributed by atoms with Crippen LogP contribution in [0.25, 0.3) is 10.9 Å². The number of carbonyl (C=O) groups excluding carboxylic acids is 2. The molecule has 0 unspecified atom stereocenters. The van der Waals surface area contributed by atoms with Crippen molar-refractivity contribution in [3.8, 4) is 11.8 Å². The van der Waals surface area contributed by atoms with Gasteiger partial charge in [-0.05, 0) is 42.8 Å². The van der Waals surface area contributed by atoms with Crippen molar-refractivity contribution in [3.05, 3.63) is 63.3 Å². The Morgan fingerprint density at radius 1 is 1.23 bits per heavy atom. The van der Waals surface area contributed by atoms with Gasteiger partial charge in [0.25, 0.3) is 5.91 Å². The highest BCUT2D eigenvalue weighted by molar-refractivity contribution is 6.35. The van der Waals surface area contributed by atoms with Crippen LogP contribution in [0.5, 0.6) is 5.75 Å². The van der Waals surface area contributed by atoms with Crippen LogP contribution >= 0.6 is 11.6 Å². The number of aromatic amines is 1. The molecule has 0 aliphatic carbocycles. The summed E-state index contributed by atoms with van der Waals surface area (Å²) in [5.41, 5.74) is 2.03. The minimum atomic E-state index is -0.539. The number of carbonyl (C=O) groups is 2. The Morgan fingerprint density at radius 3 is 2.67 bits per heavy atom. The number of rotatable bonds is 3. The van der Waals surface area contributed by atoms with Crippen LogP contribution in [0.15, 0.2) is 30.3 Å². The van der Waals surface area contributed by atoms with Gasteiger partial charge in [0.1, 0.15) is 5.75 Å². The van der Waals surface area contributed by atoms with Crippen molar-refractivity contribution in [2.75, 3.05) is 26.3 Å². The molecule has 4 rings (SSSR count). The number of ether oxygens (including phenoxy) is 1. The third kappa shape index (κ3) is 3.41. The highest BCUT2D eigenvalue weighted by atomic mass is 35.5. The van der Waals surface area contributed by atoms with Crippen LogP contribution in [0.4, 0.5) is 0 Å². The van der Waals surface area contributed by atoms with Gasteiger partial charge in [-0.15, -0.1) is 0 Å². The molecule has 1 aromatic heterocycles. The second kappa shape index (κ2) is 7.82. The number of morpholine rings is 1. The van der Waals surface area contributed by atoms with Crippen molar-refractivity contribution >= 4 is 34.2 Å². The first-order valence-corrected chi connectivity index (χ1v) is 9.75. The summed E-state index contributed by atoms with van der Waals surface area (Å²) in [6.45, 7) is 3.51. The molecule has 30 heavy (non-hydrogen) atoms. The van der Waals surface area contributed by atoms with E-state index in [9.17, 15) is 14.7 Å². The molecule has 1 amide bonds. The van der Waals surface area contributed by atoms with Crippen molar-refractivity contribution in [3.63, 3.8) is 0 Å². The molecule has 0 saturated carbocycles. The summed E-state index contributed by atoms with van der Waals surface area (Å²) < 4.78 is 5.25. The second-order valence-corrected chi connectivity index (χ2v) is 7.51. The van der Waals surface area contributed by atoms with Gasteiger partial charge in [0.05, 0.1) is 46.7 Å². The van der Waals surface area contributed by atoms with Crippen LogP contribution in [0.3, 0.4) is 0 Å². The summed E-state index contributed by atoms with van der Waals surface area (Å²) in [6.07, 6.45) is 0. The Labute approximate surface area is 177 Å². The topological polar surface area (TPSA) is 106 Å². The first-order valence-electron chi connectivity index (χ1n) is 9.37. The van der Waals surface area contributed by atoms with Gasteiger partial charge in [-0.1, -0.05) is 11.6 Å². The lowest BCUT2D eigenvalue weighted by Crippen LogP contribution is -2.40. The number of phenolic OH excluding ortho intramolecular Hbond substituents is 1. The van der Waals surface area contributed by atoms with Crippen molar-refractivity contribution in [1.29, 1.82) is 5.26 Å². The zero-order valence-electron chi connectivity index (χ0n) is 16.2. The predicted octanol–water partition coefficient (Wildman–Crippen LogP) is 3.41. The number of H-pyrrole nitrogens is 1. The summed E-state index contributed by atoms with van der Waals surface area (Å²) in [5, 5.41) is 20.8. The molecule has 8 heteroatoms. The second-order valence-electron chi connectivity index (χ2n) is 7.10. The van der Waals surface area contributed by atoms with E-state index >= 15 is 0 Å². The molecule has 1 fully saturated rings. The van der Waals surface area contributed by atoms with Crippen LogP contribution in [0.2, 0.25) is 5.02 Å². The summed E-state index contributed by atoms with van der Waals surface area (Å²) in [5.74, 6) is -1.37. The molecule has 152 valence electrons. The number of aryl methyl sites for hydroxylation is 1. The number of ketones is 1. The van der Waals surface area contributed by atoms with Gasteiger partial charge < -0.3 is 19.7 Å². The van der Waals surface area contributed by atoms with Gasteiger partial charge in [-0.2, -0.15) is 5.26 Å². The SMILES string of the molecule is Cc1cc(C#N)cc2[nH]c(C(=O)c3c(Cl)ccc(C(=O)N4CCOCC4)c3O)cc12. The summed E-state index contributed by atoms with van der Waals surface area (Å²) >= 11 is 6.23. The molecule has 2 heterocycles. The van der Waals surface area contributed by atoms with Crippen LogP contribution in [-0.2, 0) is 4.74 Å². The van der Waals surface area contributed by atoms with Crippen molar-refractivity contribution < 1.29 is 19.4 Å². The Bertz CT molecular complexity index is 1220. The van der Waals surface area contributed by atoms with Gasteiger partial charge in [0, 0.05) is 24.0 Å². The van der Waals surface area contributed by atoms with E-state index in [1.54, 1.807) is 23.1 Å². The molecular weight excluding hydrogens is 406 g/mol. The lowest BCUT2D eigenvalue weighted by Gasteiger charge is -2.27. The summed E-state index contributed by atoms with van der Waals surface area (Å²) in [6, 6.07) is 9.97. The van der Waals surface area contributed by atoms with Crippen molar-refractivity contribution in [2.24, 2.45) is 0 Å². The molecule has 1 aliphatic rings. The fraction of sp³-hybridized carbons (Fsp3) is 0.227. The maximum atomic E-state index is 13.2. The average molecular weight is 424 g/mol. The first kappa shape index (κ1) is 20.0. The van der Waals surface area contributed by atoms with E-state index in [2.05, 4.69) is 11.1 Å². The Kier molecular flexibility index (Phi) is 5.20. The molecule has 2 aromatic carbocycles. The van der Waals surface area contributed by atoms with Crippen molar-refractivity contribution in [1.82, 2.24) is 9.88 Å². The molecule has 2 N–H and O–H groups in total. The fourth-order valence-electron chi connectivity index (χ4n) is 3.63. The Balaban J connectivity index is 1.76.